The largest absolute Gasteiger partial charge is 0.508 e. The normalized spacial score (nSPS) is 22.7. The van der Waals surface area contributed by atoms with E-state index in [4.69, 9.17) is 0 Å². The molecule has 4 rings (SSSR count). The van der Waals surface area contributed by atoms with Crippen LogP contribution in [-0.4, -0.2) is 68.9 Å². The monoisotopic (exact) mass is 550 g/mol. The number of hydrogen-bond acceptors (Lipinski definition) is 5. The highest BCUT2D eigenvalue weighted by Crippen LogP contribution is 2.29. The first kappa shape index (κ1) is 23.0. The summed E-state index contributed by atoms with van der Waals surface area (Å²) in [5, 5.41) is 11.7. The molecule has 6 nitrogen and oxygen atoms in total. The quantitative estimate of drug-likeness (QED) is 0.315. The predicted octanol–water partition coefficient (Wildman–Crippen LogP) is 3.25. The third-order valence-corrected chi connectivity index (χ3v) is 6.96. The number of phenolic OH excluding ortho intramolecular Hbond substituents is 1. The van der Waals surface area contributed by atoms with Gasteiger partial charge in [0.15, 0.2) is 0 Å². The molecule has 32 heavy (non-hydrogen) atoms. The van der Waals surface area contributed by atoms with E-state index in [1.807, 2.05) is 42.5 Å². The molecule has 170 valence electrons. The van der Waals surface area contributed by atoms with Crippen LogP contribution in [0.15, 0.2) is 66.9 Å². The van der Waals surface area contributed by atoms with Crippen molar-refractivity contribution in [3.8, 4) is 5.75 Å². The number of alkyl halides is 2. The molecule has 3 atom stereocenters. The molecule has 0 radical (unpaired) electrons. The number of phenols is 1. The van der Waals surface area contributed by atoms with Gasteiger partial charge in [0.1, 0.15) is 18.0 Å². The number of fused-ring (bicyclic) bond motifs is 1. The number of carbonyl (C=O) groups excluding carboxylic acids is 1. The number of carbonyl (C=O) groups is 1. The summed E-state index contributed by atoms with van der Waals surface area (Å²) in [7, 11) is 0. The Labute approximate surface area is 201 Å². The highest BCUT2D eigenvalue weighted by molar-refractivity contribution is 14.1. The van der Waals surface area contributed by atoms with Crippen LogP contribution in [-0.2, 0) is 11.2 Å². The number of hydrogen-bond donors (Lipinski definition) is 2. The smallest absolute Gasteiger partial charge is 0.245 e. The van der Waals surface area contributed by atoms with E-state index in [0.717, 1.165) is 21.4 Å². The number of piperazine rings is 1. The molecule has 0 aromatic heterocycles. The Bertz CT molecular complexity index is 943. The van der Waals surface area contributed by atoms with Crippen molar-refractivity contribution in [3.05, 3.63) is 78.0 Å². The molecule has 1 unspecified atom stereocenters. The van der Waals surface area contributed by atoms with Gasteiger partial charge < -0.3 is 14.9 Å². The fourth-order valence-electron chi connectivity index (χ4n) is 4.55. The van der Waals surface area contributed by atoms with Gasteiger partial charge in [0.25, 0.3) is 0 Å². The molecule has 2 aliphatic rings. The lowest BCUT2D eigenvalue weighted by molar-refractivity contribution is -0.149. The van der Waals surface area contributed by atoms with Crippen molar-refractivity contribution in [1.82, 2.24) is 20.2 Å². The summed E-state index contributed by atoms with van der Waals surface area (Å²) in [6.07, 6.45) is 0.365. The summed E-state index contributed by atoms with van der Waals surface area (Å²) in [6, 6.07) is 16.0. The van der Waals surface area contributed by atoms with Crippen molar-refractivity contribution < 1.29 is 14.3 Å². The molecule has 0 aliphatic carbocycles. The molecule has 2 aromatic rings. The first-order valence-corrected chi connectivity index (χ1v) is 12.2. The minimum atomic E-state index is -0.523. The van der Waals surface area contributed by atoms with Gasteiger partial charge in [0, 0.05) is 24.6 Å². The number of halogens is 2. The number of hydrazine groups is 1. The Morgan fingerprint density at radius 2 is 1.91 bits per heavy atom. The highest BCUT2D eigenvalue weighted by atomic mass is 127. The van der Waals surface area contributed by atoms with Crippen molar-refractivity contribution in [1.29, 1.82) is 0 Å². The van der Waals surface area contributed by atoms with E-state index >= 15 is 0 Å². The van der Waals surface area contributed by atoms with Crippen molar-refractivity contribution in [2.24, 2.45) is 0 Å². The van der Waals surface area contributed by atoms with E-state index in [1.54, 1.807) is 17.0 Å². The number of rotatable bonds is 7. The summed E-state index contributed by atoms with van der Waals surface area (Å²) in [4.78, 5) is 17.5. The number of amides is 1. The Morgan fingerprint density at radius 3 is 2.56 bits per heavy atom. The van der Waals surface area contributed by atoms with Gasteiger partial charge in [-0.2, -0.15) is 0 Å². The molecule has 0 bridgehead atoms. The van der Waals surface area contributed by atoms with Crippen LogP contribution in [0.3, 0.4) is 0 Å². The molecule has 8 heteroatoms. The molecule has 2 aromatic carbocycles. The Morgan fingerprint density at radius 1 is 1.19 bits per heavy atom. The molecule has 2 saturated heterocycles. The lowest BCUT2D eigenvalue weighted by Crippen LogP contribution is -2.71. The second-order valence-corrected chi connectivity index (χ2v) is 9.01. The molecule has 1 amide bonds. The molecule has 2 aliphatic heterocycles. The van der Waals surface area contributed by atoms with Crippen LogP contribution in [0.25, 0.3) is 0 Å². The number of aromatic hydroxyl groups is 1. The van der Waals surface area contributed by atoms with Gasteiger partial charge in [0.2, 0.25) is 5.91 Å². The lowest BCUT2D eigenvalue weighted by atomic mass is 9.95. The van der Waals surface area contributed by atoms with Crippen LogP contribution in [0.2, 0.25) is 0 Å². The summed E-state index contributed by atoms with van der Waals surface area (Å²) in [5.41, 5.74) is 6.25. The standard InChI is InChI=1S/C24H28FIN4O2/c1-17-13-29(16-26)27-23-15-28(14-20(12-25)19-5-3-2-4-6-19)24(32)22(30(17)23)11-18-7-9-21(31)10-8-18/h2-10,20,22-23,27,31H,1,11-16H2/t20?,22-,23+/m0/s1. The van der Waals surface area contributed by atoms with Crippen molar-refractivity contribution in [2.45, 2.75) is 24.5 Å². The second-order valence-electron chi connectivity index (χ2n) is 8.33. The zero-order valence-electron chi connectivity index (χ0n) is 17.8. The number of benzene rings is 2. The van der Waals surface area contributed by atoms with Crippen molar-refractivity contribution in [3.63, 3.8) is 0 Å². The maximum Gasteiger partial charge on any atom is 0.245 e. The average Bonchev–Trinajstić information content (AvgIpc) is 2.81. The van der Waals surface area contributed by atoms with Crippen LogP contribution in [0.1, 0.15) is 17.0 Å². The minimum Gasteiger partial charge on any atom is -0.508 e. The van der Waals surface area contributed by atoms with E-state index < -0.39 is 12.7 Å². The van der Waals surface area contributed by atoms with E-state index in [0.29, 0.717) is 26.1 Å². The maximum absolute atomic E-state index is 14.0. The second kappa shape index (κ2) is 10.2. The van der Waals surface area contributed by atoms with Crippen LogP contribution in [0.4, 0.5) is 4.39 Å². The van der Waals surface area contributed by atoms with Gasteiger partial charge in [-0.25, -0.2) is 10.4 Å². The summed E-state index contributed by atoms with van der Waals surface area (Å²) in [6.45, 7) is 5.16. The highest BCUT2D eigenvalue weighted by Gasteiger charge is 2.44. The van der Waals surface area contributed by atoms with Crippen molar-refractivity contribution in [2.75, 3.05) is 30.9 Å². The van der Waals surface area contributed by atoms with E-state index in [-0.39, 0.29) is 23.7 Å². The molecule has 0 spiro atoms. The summed E-state index contributed by atoms with van der Waals surface area (Å²) in [5.74, 6) is -0.193. The summed E-state index contributed by atoms with van der Waals surface area (Å²) < 4.78 is 14.8. The first-order valence-electron chi connectivity index (χ1n) is 10.7. The molecule has 2 N–H and O–H groups in total. The van der Waals surface area contributed by atoms with Crippen LogP contribution >= 0.6 is 22.6 Å². The fourth-order valence-corrected chi connectivity index (χ4v) is 4.99. The van der Waals surface area contributed by atoms with E-state index in [1.165, 1.54) is 0 Å². The topological polar surface area (TPSA) is 59.1 Å². The lowest BCUT2D eigenvalue weighted by Gasteiger charge is -2.53. The minimum absolute atomic E-state index is 0.0189. The molecule has 0 saturated carbocycles. The molecule has 2 fully saturated rings. The Hall–Kier alpha value is -2.17. The van der Waals surface area contributed by atoms with E-state index in [2.05, 4.69) is 44.5 Å². The van der Waals surface area contributed by atoms with Gasteiger partial charge in [-0.05, 0) is 23.3 Å². The number of nitrogens with zero attached hydrogens (tertiary/aromatic N) is 3. The summed E-state index contributed by atoms with van der Waals surface area (Å²) >= 11 is 2.30. The average molecular weight is 550 g/mol. The predicted molar refractivity (Wildman–Crippen MR) is 131 cm³/mol. The van der Waals surface area contributed by atoms with Crippen LogP contribution in [0, 0.1) is 0 Å². The van der Waals surface area contributed by atoms with Crippen molar-refractivity contribution >= 4 is 28.5 Å². The molecular formula is C24H28FIN4O2. The Balaban J connectivity index is 1.61. The van der Waals surface area contributed by atoms with E-state index in [9.17, 15) is 14.3 Å². The molecule has 2 heterocycles. The van der Waals surface area contributed by atoms with Crippen LogP contribution < -0.4 is 5.43 Å². The molecular weight excluding hydrogens is 522 g/mol. The van der Waals surface area contributed by atoms with Gasteiger partial charge in [-0.15, -0.1) is 0 Å². The van der Waals surface area contributed by atoms with Gasteiger partial charge >= 0.3 is 0 Å². The Kier molecular flexibility index (Phi) is 7.32. The fraction of sp³-hybridized carbons (Fsp3) is 0.375. The van der Waals surface area contributed by atoms with Gasteiger partial charge in [-0.1, -0.05) is 71.6 Å². The third kappa shape index (κ3) is 4.92. The zero-order chi connectivity index (χ0) is 22.7. The van der Waals surface area contributed by atoms with Crippen LogP contribution in [0.5, 0.6) is 5.75 Å². The number of nitrogens with one attached hydrogen (secondary N) is 1. The van der Waals surface area contributed by atoms with Gasteiger partial charge in [-0.3, -0.25) is 9.18 Å². The first-order chi connectivity index (χ1) is 15.5. The van der Waals surface area contributed by atoms with Gasteiger partial charge in [0.05, 0.1) is 24.3 Å². The zero-order valence-corrected chi connectivity index (χ0v) is 20.0. The SMILES string of the molecule is C=C1CN(CI)N[C@H]2CN(CC(CF)c3ccccc3)C(=O)[C@H](Cc3ccc(O)cc3)N12. The third-order valence-electron chi connectivity index (χ3n) is 6.14. The maximum atomic E-state index is 14.0.